The van der Waals surface area contributed by atoms with Gasteiger partial charge < -0.3 is 69.3 Å². The molecule has 0 bridgehead atoms. The molecule has 0 aromatic rings. The molecule has 24 nitrogen and oxygen atoms in total. The van der Waals surface area contributed by atoms with E-state index < -0.39 is 140 Å². The molecule has 0 saturated carbocycles. The van der Waals surface area contributed by atoms with Crippen molar-refractivity contribution in [3.05, 3.63) is 0 Å². The summed E-state index contributed by atoms with van der Waals surface area (Å²) in [4.78, 5) is 138. The van der Waals surface area contributed by atoms with Crippen molar-refractivity contribution in [3.63, 3.8) is 0 Å². The van der Waals surface area contributed by atoms with E-state index in [1.807, 2.05) is 0 Å². The third kappa shape index (κ3) is 17.8. The minimum atomic E-state index is -1.94. The van der Waals surface area contributed by atoms with Gasteiger partial charge in [-0.05, 0) is 45.6 Å². The SMILES string of the molecule is C[C@H](NC(=O)CNC(=O)[C@H](CCC(=O)O)NC(=O)[C@H](CC(=O)O)NC(=O)[C@H](CC(N)=O)NC(=O)[C@@H](N)CCCCN)C(=O)N1CCC[C@H]1C(=O)N[C@@H](CS)C(=O)O. The predicted molar refractivity (Wildman–Crippen MR) is 198 cm³/mol. The zero-order valence-electron chi connectivity index (χ0n) is 31.2. The molecular formula is C32H52N10O14S. The molecule has 0 radical (unpaired) electrons. The minimum absolute atomic E-state index is 0.130. The average molecular weight is 833 g/mol. The Morgan fingerprint density at radius 3 is 1.89 bits per heavy atom. The number of nitrogens with zero attached hydrogens (tertiary/aromatic N) is 1. The Labute approximate surface area is 331 Å². The number of nitrogens with one attached hydrogen (secondary N) is 6. The van der Waals surface area contributed by atoms with Gasteiger partial charge in [-0.25, -0.2) is 4.79 Å². The van der Waals surface area contributed by atoms with Crippen LogP contribution in [0.25, 0.3) is 0 Å². The van der Waals surface area contributed by atoms with Crippen molar-refractivity contribution in [2.75, 3.05) is 25.4 Å². The van der Waals surface area contributed by atoms with Crippen molar-refractivity contribution < 1.29 is 68.1 Å². The molecule has 1 heterocycles. The molecule has 0 aromatic carbocycles. The molecule has 57 heavy (non-hydrogen) atoms. The first-order chi connectivity index (χ1) is 26.7. The first kappa shape index (κ1) is 49.5. The summed E-state index contributed by atoms with van der Waals surface area (Å²) in [6.45, 7) is 0.962. The molecule has 0 aromatic heterocycles. The number of nitrogens with two attached hydrogens (primary N) is 3. The molecule has 25 heteroatoms. The summed E-state index contributed by atoms with van der Waals surface area (Å²) in [5.41, 5.74) is 16.5. The standard InChI is InChI=1S/C32H52N10O14S/c1-15(31(54)42-10-4-6-21(42)30(53)41-20(14-57)32(55)56)37-23(44)13-36-27(50)17(7-8-24(45)46)38-29(52)19(12-25(47)48)40-28(51)18(11-22(35)43)39-26(49)16(34)5-2-3-9-33/h15-21,57H,2-14,33-34H2,1H3,(H2,35,43)(H,36,50)(H,37,44)(H,38,52)(H,39,49)(H,40,51)(H,41,53)(H,45,46)(H,47,48)(H,55,56)/t15-,16-,17-,18-,19-,20-,21-/m0/s1. The van der Waals surface area contributed by atoms with Gasteiger partial charge in [0, 0.05) is 18.7 Å². The number of primary amides is 1. The molecule has 7 atom stereocenters. The highest BCUT2D eigenvalue weighted by Gasteiger charge is 2.38. The number of carbonyl (C=O) groups excluding carboxylic acids is 8. The summed E-state index contributed by atoms with van der Waals surface area (Å²) in [7, 11) is 0. The average Bonchev–Trinajstić information content (AvgIpc) is 3.63. The molecule has 8 amide bonds. The molecule has 1 saturated heterocycles. The van der Waals surface area contributed by atoms with Crippen LogP contribution >= 0.6 is 12.6 Å². The maximum Gasteiger partial charge on any atom is 0.327 e. The molecule has 1 fully saturated rings. The number of carbonyl (C=O) groups is 11. The van der Waals surface area contributed by atoms with Gasteiger partial charge in [-0.15, -0.1) is 0 Å². The van der Waals surface area contributed by atoms with Gasteiger partial charge in [0.15, 0.2) is 0 Å². The number of hydrogen-bond acceptors (Lipinski definition) is 14. The van der Waals surface area contributed by atoms with Gasteiger partial charge in [0.05, 0.1) is 25.4 Å². The predicted octanol–water partition coefficient (Wildman–Crippen LogP) is -5.78. The Morgan fingerprint density at radius 1 is 0.754 bits per heavy atom. The van der Waals surface area contributed by atoms with Crippen molar-refractivity contribution in [2.45, 2.75) is 107 Å². The van der Waals surface area contributed by atoms with Crippen molar-refractivity contribution in [3.8, 4) is 0 Å². The first-order valence-corrected chi connectivity index (χ1v) is 18.5. The fraction of sp³-hybridized carbons (Fsp3) is 0.656. The van der Waals surface area contributed by atoms with Gasteiger partial charge in [-0.3, -0.25) is 47.9 Å². The summed E-state index contributed by atoms with van der Waals surface area (Å²) >= 11 is 3.89. The topological polar surface area (TPSA) is 402 Å². The summed E-state index contributed by atoms with van der Waals surface area (Å²) in [6, 6.07) is -10.0. The van der Waals surface area contributed by atoms with E-state index >= 15 is 0 Å². The van der Waals surface area contributed by atoms with Crippen LogP contribution < -0.4 is 49.1 Å². The van der Waals surface area contributed by atoms with Crippen LogP contribution in [0.3, 0.4) is 0 Å². The largest absolute Gasteiger partial charge is 0.481 e. The van der Waals surface area contributed by atoms with Crippen LogP contribution in [0.15, 0.2) is 0 Å². The second-order valence-electron chi connectivity index (χ2n) is 13.1. The van der Waals surface area contributed by atoms with Crippen LogP contribution in [0.4, 0.5) is 0 Å². The molecule has 1 rings (SSSR count). The zero-order valence-corrected chi connectivity index (χ0v) is 32.1. The van der Waals surface area contributed by atoms with Gasteiger partial charge >= 0.3 is 17.9 Å². The van der Waals surface area contributed by atoms with E-state index in [1.54, 1.807) is 0 Å². The van der Waals surface area contributed by atoms with E-state index in [4.69, 9.17) is 17.2 Å². The maximum atomic E-state index is 13.3. The van der Waals surface area contributed by atoms with Gasteiger partial charge in [0.25, 0.3) is 0 Å². The van der Waals surface area contributed by atoms with Crippen LogP contribution in [0.5, 0.6) is 0 Å². The quantitative estimate of drug-likeness (QED) is 0.0285. The third-order valence-electron chi connectivity index (χ3n) is 8.44. The van der Waals surface area contributed by atoms with Crippen LogP contribution in [-0.4, -0.2) is 153 Å². The normalized spacial score (nSPS) is 16.6. The number of thiol groups is 1. The highest BCUT2D eigenvalue weighted by atomic mass is 32.1. The lowest BCUT2D eigenvalue weighted by molar-refractivity contribution is -0.144. The van der Waals surface area contributed by atoms with Crippen LogP contribution in [0, 0.1) is 0 Å². The molecule has 0 aliphatic carbocycles. The van der Waals surface area contributed by atoms with Crippen LogP contribution in [0.2, 0.25) is 0 Å². The van der Waals surface area contributed by atoms with Crippen LogP contribution in [0.1, 0.15) is 64.7 Å². The summed E-state index contributed by atoms with van der Waals surface area (Å²) in [5.74, 6) is -12.4. The van der Waals surface area contributed by atoms with Crippen molar-refractivity contribution in [2.24, 2.45) is 17.2 Å². The number of carboxylic acids is 3. The summed E-state index contributed by atoms with van der Waals surface area (Å²) < 4.78 is 0. The Balaban J connectivity index is 3.01. The number of unbranched alkanes of at least 4 members (excludes halogenated alkanes) is 1. The lowest BCUT2D eigenvalue weighted by Gasteiger charge is -2.28. The zero-order chi connectivity index (χ0) is 43.4. The molecule has 0 spiro atoms. The van der Waals surface area contributed by atoms with Crippen molar-refractivity contribution in [1.82, 2.24) is 36.8 Å². The van der Waals surface area contributed by atoms with Gasteiger partial charge in [0.2, 0.25) is 47.3 Å². The molecule has 0 unspecified atom stereocenters. The second-order valence-corrected chi connectivity index (χ2v) is 13.4. The van der Waals surface area contributed by atoms with Crippen LogP contribution in [-0.2, 0) is 52.7 Å². The molecule has 1 aliphatic heterocycles. The Hall–Kier alpha value is -5.56. The smallest absolute Gasteiger partial charge is 0.327 e. The number of likely N-dealkylation sites (tertiary alicyclic amines) is 1. The monoisotopic (exact) mass is 832 g/mol. The molecule has 320 valence electrons. The molecular weight excluding hydrogens is 780 g/mol. The van der Waals surface area contributed by atoms with E-state index in [0.717, 1.165) is 0 Å². The summed E-state index contributed by atoms with van der Waals surface area (Å²) in [5, 5.41) is 41.1. The maximum absolute atomic E-state index is 13.3. The summed E-state index contributed by atoms with van der Waals surface area (Å²) in [6.07, 6.45) is -1.30. The van der Waals surface area contributed by atoms with E-state index in [2.05, 4.69) is 44.5 Å². The molecule has 1 aliphatic rings. The Morgan fingerprint density at radius 2 is 1.35 bits per heavy atom. The lowest BCUT2D eigenvalue weighted by Crippen LogP contribution is -2.59. The van der Waals surface area contributed by atoms with Gasteiger partial charge in [-0.1, -0.05) is 6.42 Å². The second kappa shape index (κ2) is 24.8. The lowest BCUT2D eigenvalue weighted by atomic mass is 10.1. The fourth-order valence-corrected chi connectivity index (χ4v) is 5.69. The number of carboxylic acid groups (broad SMARTS) is 3. The van der Waals surface area contributed by atoms with Gasteiger partial charge in [-0.2, -0.15) is 12.6 Å². The minimum Gasteiger partial charge on any atom is -0.481 e. The Kier molecular flexibility index (Phi) is 21.6. The highest BCUT2D eigenvalue weighted by Crippen LogP contribution is 2.19. The Bertz CT molecular complexity index is 1520. The van der Waals surface area contributed by atoms with Gasteiger partial charge in [0.1, 0.15) is 36.3 Å². The van der Waals surface area contributed by atoms with E-state index in [-0.39, 0.29) is 25.1 Å². The fourth-order valence-electron chi connectivity index (χ4n) is 5.44. The molecule has 15 N–H and O–H groups in total. The number of hydrogen-bond donors (Lipinski definition) is 13. The third-order valence-corrected chi connectivity index (χ3v) is 8.81. The van der Waals surface area contributed by atoms with E-state index in [1.165, 1.54) is 11.8 Å². The van der Waals surface area contributed by atoms with E-state index in [9.17, 15) is 68.1 Å². The first-order valence-electron chi connectivity index (χ1n) is 17.8. The van der Waals surface area contributed by atoms with Crippen molar-refractivity contribution >= 4 is 77.8 Å². The number of aliphatic carboxylic acids is 3. The number of rotatable bonds is 26. The van der Waals surface area contributed by atoms with Crippen molar-refractivity contribution in [1.29, 1.82) is 0 Å². The van der Waals surface area contributed by atoms with E-state index in [0.29, 0.717) is 25.8 Å². The number of amides is 8. The highest BCUT2D eigenvalue weighted by molar-refractivity contribution is 7.80.